The van der Waals surface area contributed by atoms with Gasteiger partial charge in [-0.05, 0) is 25.8 Å². The Labute approximate surface area is 101 Å². The van der Waals surface area contributed by atoms with Crippen LogP contribution in [-0.4, -0.2) is 37.5 Å². The van der Waals surface area contributed by atoms with E-state index in [1.807, 2.05) is 14.1 Å². The van der Waals surface area contributed by atoms with Crippen molar-refractivity contribution >= 4 is 5.91 Å². The number of amides is 1. The second-order valence-corrected chi connectivity index (χ2v) is 4.59. The summed E-state index contributed by atoms with van der Waals surface area (Å²) in [6, 6.07) is 0.634. The van der Waals surface area contributed by atoms with E-state index in [2.05, 4.69) is 19.2 Å². The molecule has 0 bridgehead atoms. The van der Waals surface area contributed by atoms with Gasteiger partial charge in [0.1, 0.15) is 0 Å². The quantitative estimate of drug-likeness (QED) is 0.615. The molecule has 0 fully saturated rings. The molecule has 3 heteroatoms. The van der Waals surface area contributed by atoms with Crippen LogP contribution in [0.3, 0.4) is 0 Å². The molecule has 1 unspecified atom stereocenters. The van der Waals surface area contributed by atoms with E-state index in [1.54, 1.807) is 4.90 Å². The molecule has 3 nitrogen and oxygen atoms in total. The van der Waals surface area contributed by atoms with Crippen molar-refractivity contribution < 1.29 is 4.79 Å². The van der Waals surface area contributed by atoms with Crippen molar-refractivity contribution in [3.05, 3.63) is 0 Å². The summed E-state index contributed by atoms with van der Waals surface area (Å²) in [5.74, 6) is 0.225. The van der Waals surface area contributed by atoms with Crippen LogP contribution in [0.2, 0.25) is 0 Å². The Balaban J connectivity index is 3.51. The Morgan fingerprint density at radius 3 is 2.44 bits per heavy atom. The number of carbonyl (C=O) groups is 1. The van der Waals surface area contributed by atoms with Gasteiger partial charge in [0.15, 0.2) is 0 Å². The minimum atomic E-state index is 0.225. The molecule has 0 heterocycles. The molecule has 0 spiro atoms. The molecule has 0 aromatic heterocycles. The van der Waals surface area contributed by atoms with Crippen LogP contribution in [0, 0.1) is 0 Å². The van der Waals surface area contributed by atoms with Gasteiger partial charge in [0.2, 0.25) is 5.91 Å². The zero-order chi connectivity index (χ0) is 12.4. The molecule has 16 heavy (non-hydrogen) atoms. The van der Waals surface area contributed by atoms with Gasteiger partial charge in [-0.25, -0.2) is 0 Å². The highest BCUT2D eigenvalue weighted by Crippen LogP contribution is 2.04. The number of hydrogen-bond donors (Lipinski definition) is 1. The number of hydrogen-bond acceptors (Lipinski definition) is 2. The monoisotopic (exact) mass is 228 g/mol. The Morgan fingerprint density at radius 1 is 1.25 bits per heavy atom. The maximum absolute atomic E-state index is 11.3. The molecule has 96 valence electrons. The van der Waals surface area contributed by atoms with E-state index >= 15 is 0 Å². The smallest absolute Gasteiger partial charge is 0.222 e. The molecule has 0 aromatic rings. The van der Waals surface area contributed by atoms with Gasteiger partial charge < -0.3 is 10.2 Å². The fourth-order valence-electron chi connectivity index (χ4n) is 1.67. The van der Waals surface area contributed by atoms with Crippen molar-refractivity contribution in [3.8, 4) is 0 Å². The van der Waals surface area contributed by atoms with Crippen molar-refractivity contribution in [2.24, 2.45) is 0 Å². The first-order chi connectivity index (χ1) is 7.61. The molecule has 1 atom stereocenters. The zero-order valence-corrected chi connectivity index (χ0v) is 11.4. The first-order valence-electron chi connectivity index (χ1n) is 6.55. The number of carbonyl (C=O) groups excluding carboxylic acids is 1. The molecule has 0 aliphatic carbocycles. The van der Waals surface area contributed by atoms with Crippen LogP contribution < -0.4 is 5.32 Å². The van der Waals surface area contributed by atoms with Gasteiger partial charge in [-0.3, -0.25) is 4.79 Å². The predicted octanol–water partition coefficient (Wildman–Crippen LogP) is 2.41. The number of nitrogens with one attached hydrogen (secondary N) is 1. The summed E-state index contributed by atoms with van der Waals surface area (Å²) in [5, 5.41) is 3.53. The summed E-state index contributed by atoms with van der Waals surface area (Å²) in [6.07, 6.45) is 6.60. The van der Waals surface area contributed by atoms with E-state index in [0.717, 1.165) is 13.0 Å². The topological polar surface area (TPSA) is 32.3 Å². The molecule has 0 aromatic carbocycles. The third-order valence-corrected chi connectivity index (χ3v) is 2.90. The first-order valence-corrected chi connectivity index (χ1v) is 6.55. The average Bonchev–Trinajstić information content (AvgIpc) is 2.27. The summed E-state index contributed by atoms with van der Waals surface area (Å²) in [7, 11) is 3.62. The number of rotatable bonds is 9. The summed E-state index contributed by atoms with van der Waals surface area (Å²) < 4.78 is 0. The van der Waals surface area contributed by atoms with Crippen molar-refractivity contribution in [1.82, 2.24) is 10.2 Å². The fraction of sp³-hybridized carbons (Fsp3) is 0.923. The molecular weight excluding hydrogens is 200 g/mol. The molecule has 1 N–H and O–H groups in total. The Bertz CT molecular complexity index is 181. The summed E-state index contributed by atoms with van der Waals surface area (Å²) >= 11 is 0. The lowest BCUT2D eigenvalue weighted by Crippen LogP contribution is -2.30. The van der Waals surface area contributed by atoms with Gasteiger partial charge in [-0.15, -0.1) is 0 Å². The van der Waals surface area contributed by atoms with Crippen molar-refractivity contribution in [1.29, 1.82) is 0 Å². The van der Waals surface area contributed by atoms with E-state index in [4.69, 9.17) is 0 Å². The minimum absolute atomic E-state index is 0.225. The predicted molar refractivity (Wildman–Crippen MR) is 69.5 cm³/mol. The van der Waals surface area contributed by atoms with E-state index in [9.17, 15) is 4.79 Å². The normalized spacial score (nSPS) is 12.5. The standard InChI is InChI=1S/C13H28N2O/c1-5-7-9-12(6-2)14-11-8-10-13(16)15(3)4/h12,14H,5-11H2,1-4H3. The molecule has 0 aliphatic heterocycles. The van der Waals surface area contributed by atoms with Crippen LogP contribution in [0.5, 0.6) is 0 Å². The third-order valence-electron chi connectivity index (χ3n) is 2.90. The fourth-order valence-corrected chi connectivity index (χ4v) is 1.67. The molecular formula is C13H28N2O. The zero-order valence-electron chi connectivity index (χ0n) is 11.4. The lowest BCUT2D eigenvalue weighted by Gasteiger charge is -2.16. The van der Waals surface area contributed by atoms with Crippen LogP contribution in [-0.2, 0) is 4.79 Å². The van der Waals surface area contributed by atoms with Gasteiger partial charge in [0, 0.05) is 26.6 Å². The molecule has 0 rings (SSSR count). The largest absolute Gasteiger partial charge is 0.349 e. The second-order valence-electron chi connectivity index (χ2n) is 4.59. The van der Waals surface area contributed by atoms with Crippen LogP contribution in [0.1, 0.15) is 52.4 Å². The SMILES string of the molecule is CCCCC(CC)NCCCC(=O)N(C)C. The van der Waals surface area contributed by atoms with Crippen molar-refractivity contribution in [3.63, 3.8) is 0 Å². The lowest BCUT2D eigenvalue weighted by molar-refractivity contribution is -0.128. The van der Waals surface area contributed by atoms with Crippen molar-refractivity contribution in [2.45, 2.75) is 58.4 Å². The number of unbranched alkanes of at least 4 members (excludes halogenated alkanes) is 1. The van der Waals surface area contributed by atoms with Crippen molar-refractivity contribution in [2.75, 3.05) is 20.6 Å². The van der Waals surface area contributed by atoms with E-state index in [-0.39, 0.29) is 5.91 Å². The third kappa shape index (κ3) is 7.69. The first kappa shape index (κ1) is 15.4. The van der Waals surface area contributed by atoms with E-state index < -0.39 is 0 Å². The van der Waals surface area contributed by atoms with Crippen LogP contribution in [0.4, 0.5) is 0 Å². The van der Waals surface area contributed by atoms with E-state index in [1.165, 1.54) is 25.7 Å². The molecule has 1 amide bonds. The number of nitrogens with zero attached hydrogens (tertiary/aromatic N) is 1. The van der Waals surface area contributed by atoms with E-state index in [0.29, 0.717) is 12.5 Å². The highest BCUT2D eigenvalue weighted by atomic mass is 16.2. The van der Waals surface area contributed by atoms with Gasteiger partial charge in [-0.1, -0.05) is 26.7 Å². The van der Waals surface area contributed by atoms with Crippen LogP contribution >= 0.6 is 0 Å². The summed E-state index contributed by atoms with van der Waals surface area (Å²) in [6.45, 7) is 5.41. The van der Waals surface area contributed by atoms with Gasteiger partial charge in [-0.2, -0.15) is 0 Å². The van der Waals surface area contributed by atoms with Gasteiger partial charge in [0.25, 0.3) is 0 Å². The molecule has 0 saturated heterocycles. The van der Waals surface area contributed by atoms with Crippen LogP contribution in [0.25, 0.3) is 0 Å². The van der Waals surface area contributed by atoms with Gasteiger partial charge in [0.05, 0.1) is 0 Å². The lowest BCUT2D eigenvalue weighted by atomic mass is 10.1. The Morgan fingerprint density at radius 2 is 1.94 bits per heavy atom. The summed E-state index contributed by atoms with van der Waals surface area (Å²) in [4.78, 5) is 13.0. The van der Waals surface area contributed by atoms with Crippen LogP contribution in [0.15, 0.2) is 0 Å². The minimum Gasteiger partial charge on any atom is -0.349 e. The Hall–Kier alpha value is -0.570. The highest BCUT2D eigenvalue weighted by Gasteiger charge is 2.06. The molecule has 0 radical (unpaired) electrons. The molecule has 0 aliphatic rings. The second kappa shape index (κ2) is 9.64. The van der Waals surface area contributed by atoms with Gasteiger partial charge >= 0.3 is 0 Å². The highest BCUT2D eigenvalue weighted by molar-refractivity contribution is 5.75. The maximum Gasteiger partial charge on any atom is 0.222 e. The molecule has 0 saturated carbocycles. The Kier molecular flexibility index (Phi) is 9.30. The average molecular weight is 228 g/mol. The summed E-state index contributed by atoms with van der Waals surface area (Å²) in [5.41, 5.74) is 0. The maximum atomic E-state index is 11.3.